The Hall–Kier alpha value is -1.80. The third kappa shape index (κ3) is 5.83. The lowest BCUT2D eigenvalue weighted by Gasteiger charge is -2.52. The normalized spacial score (nSPS) is 27.2. The zero-order valence-corrected chi connectivity index (χ0v) is 25.2. The highest BCUT2D eigenvalue weighted by Crippen LogP contribution is 2.46. The Kier molecular flexibility index (Phi) is 8.54. The predicted molar refractivity (Wildman–Crippen MR) is 158 cm³/mol. The molecule has 3 fully saturated rings. The monoisotopic (exact) mass is 593 g/mol. The topological polar surface area (TPSA) is 81.6 Å². The maximum Gasteiger partial charge on any atom is 0.310 e. The van der Waals surface area contributed by atoms with Gasteiger partial charge in [-0.05, 0) is 95.4 Å². The van der Waals surface area contributed by atoms with Crippen LogP contribution in [0.25, 0.3) is 0 Å². The molecular formula is C29H38Cl3N5O2. The number of nitrogens with one attached hydrogen (secondary N) is 1. The van der Waals surface area contributed by atoms with E-state index in [-0.39, 0.29) is 12.1 Å². The predicted octanol–water partition coefficient (Wildman–Crippen LogP) is 7.10. The molecule has 5 rings (SSSR count). The molecular weight excluding hydrogens is 557 g/mol. The molecule has 1 aliphatic carbocycles. The Labute approximate surface area is 246 Å². The first-order valence-electron chi connectivity index (χ1n) is 14.0. The van der Waals surface area contributed by atoms with Crippen molar-refractivity contribution >= 4 is 52.5 Å². The van der Waals surface area contributed by atoms with Crippen molar-refractivity contribution in [2.24, 2.45) is 17.3 Å². The number of carboxylic acid groups (broad SMARTS) is 1. The van der Waals surface area contributed by atoms with Gasteiger partial charge < -0.3 is 15.3 Å². The van der Waals surface area contributed by atoms with Crippen molar-refractivity contribution in [3.8, 4) is 0 Å². The van der Waals surface area contributed by atoms with E-state index in [0.717, 1.165) is 69.5 Å². The highest BCUT2D eigenvalue weighted by Gasteiger charge is 2.52. The maximum absolute atomic E-state index is 11.9. The molecule has 0 spiro atoms. The van der Waals surface area contributed by atoms with Crippen LogP contribution in [0, 0.1) is 24.2 Å². The van der Waals surface area contributed by atoms with Crippen molar-refractivity contribution in [2.45, 2.75) is 71.4 Å². The molecule has 0 bridgehead atoms. The van der Waals surface area contributed by atoms with Crippen LogP contribution >= 0.6 is 34.8 Å². The molecule has 1 aromatic heterocycles. The number of aliphatic carboxylic acids is 1. The third-order valence-electron chi connectivity index (χ3n) is 9.37. The van der Waals surface area contributed by atoms with Gasteiger partial charge in [0.1, 0.15) is 5.02 Å². The van der Waals surface area contributed by atoms with E-state index < -0.39 is 11.4 Å². The van der Waals surface area contributed by atoms with E-state index in [9.17, 15) is 9.90 Å². The molecule has 2 aromatic rings. The Balaban J connectivity index is 1.22. The van der Waals surface area contributed by atoms with Gasteiger partial charge >= 0.3 is 5.97 Å². The number of likely N-dealkylation sites (tertiary alicyclic amines) is 1. The van der Waals surface area contributed by atoms with Gasteiger partial charge in [0, 0.05) is 35.7 Å². The van der Waals surface area contributed by atoms with Gasteiger partial charge in [0.15, 0.2) is 5.82 Å². The molecule has 4 atom stereocenters. The summed E-state index contributed by atoms with van der Waals surface area (Å²) in [5.74, 6) is 1.91. The summed E-state index contributed by atoms with van der Waals surface area (Å²) < 4.78 is 0. The van der Waals surface area contributed by atoms with Crippen LogP contribution in [0.2, 0.25) is 15.1 Å². The SMILES string of the molecule is Cc1nc(N2CCC(C3CCCN(C4CCC4(C)C(=O)O)C3)CC2)nc(N[C@H](C)c2ccc(Cl)cc2Cl)c1Cl. The minimum atomic E-state index is -0.646. The van der Waals surface area contributed by atoms with Gasteiger partial charge in [0.2, 0.25) is 5.95 Å². The largest absolute Gasteiger partial charge is 0.481 e. The molecule has 10 heteroatoms. The van der Waals surface area contributed by atoms with Gasteiger partial charge in [-0.15, -0.1) is 0 Å². The highest BCUT2D eigenvalue weighted by molar-refractivity contribution is 6.35. The first kappa shape index (κ1) is 28.7. The van der Waals surface area contributed by atoms with E-state index in [1.165, 1.54) is 6.42 Å². The number of carbonyl (C=O) groups is 1. The lowest BCUT2D eigenvalue weighted by Crippen LogP contribution is -2.60. The molecule has 39 heavy (non-hydrogen) atoms. The van der Waals surface area contributed by atoms with E-state index in [4.69, 9.17) is 44.8 Å². The number of carboxylic acids is 1. The summed E-state index contributed by atoms with van der Waals surface area (Å²) in [6, 6.07) is 5.54. The maximum atomic E-state index is 11.9. The smallest absolute Gasteiger partial charge is 0.310 e. The summed E-state index contributed by atoms with van der Waals surface area (Å²) in [5, 5.41) is 14.9. The summed E-state index contributed by atoms with van der Waals surface area (Å²) >= 11 is 19.1. The molecule has 2 aliphatic heterocycles. The van der Waals surface area contributed by atoms with E-state index in [1.807, 2.05) is 32.9 Å². The number of nitrogens with zero attached hydrogens (tertiary/aromatic N) is 4. The van der Waals surface area contributed by atoms with E-state index in [1.54, 1.807) is 6.07 Å². The standard InChI is InChI=1S/C29H38Cl3N5O2/c1-17(22-7-6-21(30)15-23(22)31)33-26-25(32)18(2)34-28(35-26)36-13-9-19(10-14-36)20-5-4-12-37(16-20)24-8-11-29(24,3)27(38)39/h6-7,15,17,19-20,24H,4-5,8-14,16H2,1-3H3,(H,38,39)(H,33,34,35)/t17-,20?,24?,29?/m1/s1. The number of anilines is 2. The van der Waals surface area contributed by atoms with Gasteiger partial charge in [-0.2, -0.15) is 4.98 Å². The van der Waals surface area contributed by atoms with Crippen molar-refractivity contribution in [2.75, 3.05) is 36.4 Å². The molecule has 3 aliphatic rings. The molecule has 1 saturated carbocycles. The van der Waals surface area contributed by atoms with Crippen LogP contribution in [0.3, 0.4) is 0 Å². The van der Waals surface area contributed by atoms with Crippen molar-refractivity contribution in [3.05, 3.63) is 44.5 Å². The molecule has 1 aromatic carbocycles. The molecule has 212 valence electrons. The fourth-order valence-corrected chi connectivity index (χ4v) is 7.45. The molecule has 0 amide bonds. The van der Waals surface area contributed by atoms with Crippen molar-refractivity contribution in [3.63, 3.8) is 0 Å². The first-order valence-corrected chi connectivity index (χ1v) is 15.2. The van der Waals surface area contributed by atoms with Crippen molar-refractivity contribution < 1.29 is 9.90 Å². The second-order valence-electron chi connectivity index (χ2n) is 11.8. The number of piperidine rings is 2. The average Bonchev–Trinajstić information content (AvgIpc) is 2.90. The van der Waals surface area contributed by atoms with Crippen LogP contribution in [0.1, 0.15) is 69.7 Å². The van der Waals surface area contributed by atoms with E-state index in [0.29, 0.717) is 38.7 Å². The van der Waals surface area contributed by atoms with Crippen LogP contribution in [0.15, 0.2) is 18.2 Å². The molecule has 2 N–H and O–H groups in total. The fourth-order valence-electron chi connectivity index (χ4n) is 6.74. The Morgan fingerprint density at radius 1 is 1.10 bits per heavy atom. The van der Waals surface area contributed by atoms with Gasteiger partial charge in [0.05, 0.1) is 17.2 Å². The Morgan fingerprint density at radius 2 is 1.85 bits per heavy atom. The number of halogens is 3. The number of aromatic nitrogens is 2. The Bertz CT molecular complexity index is 1220. The minimum Gasteiger partial charge on any atom is -0.481 e. The minimum absolute atomic E-state index is 0.118. The molecule has 0 radical (unpaired) electrons. The number of hydrogen-bond donors (Lipinski definition) is 2. The lowest BCUT2D eigenvalue weighted by molar-refractivity contribution is -0.162. The molecule has 7 nitrogen and oxygen atoms in total. The zero-order valence-electron chi connectivity index (χ0n) is 22.9. The van der Waals surface area contributed by atoms with Gasteiger partial charge in [-0.3, -0.25) is 9.69 Å². The zero-order chi connectivity index (χ0) is 27.9. The molecule has 3 unspecified atom stereocenters. The van der Waals surface area contributed by atoms with E-state index in [2.05, 4.69) is 15.1 Å². The van der Waals surface area contributed by atoms with Crippen LogP contribution in [-0.2, 0) is 4.79 Å². The summed E-state index contributed by atoms with van der Waals surface area (Å²) in [6.45, 7) is 9.70. The van der Waals surface area contributed by atoms with Gasteiger partial charge in [-0.1, -0.05) is 40.9 Å². The Morgan fingerprint density at radius 3 is 2.49 bits per heavy atom. The number of benzene rings is 1. The quantitative estimate of drug-likeness (QED) is 0.354. The number of hydrogen-bond acceptors (Lipinski definition) is 6. The highest BCUT2D eigenvalue weighted by atomic mass is 35.5. The van der Waals surface area contributed by atoms with E-state index >= 15 is 0 Å². The molecule has 3 heterocycles. The molecule has 2 saturated heterocycles. The van der Waals surface area contributed by atoms with Gasteiger partial charge in [-0.25, -0.2) is 4.98 Å². The van der Waals surface area contributed by atoms with Crippen LogP contribution in [0.5, 0.6) is 0 Å². The summed E-state index contributed by atoms with van der Waals surface area (Å²) in [4.78, 5) is 26.2. The average molecular weight is 595 g/mol. The summed E-state index contributed by atoms with van der Waals surface area (Å²) in [5.41, 5.74) is 1.07. The van der Waals surface area contributed by atoms with Crippen LogP contribution in [0.4, 0.5) is 11.8 Å². The van der Waals surface area contributed by atoms with Crippen molar-refractivity contribution in [1.29, 1.82) is 0 Å². The number of rotatable bonds is 7. The number of aryl methyl sites for hydroxylation is 1. The lowest BCUT2D eigenvalue weighted by atomic mass is 9.64. The first-order chi connectivity index (χ1) is 18.6. The van der Waals surface area contributed by atoms with Gasteiger partial charge in [0.25, 0.3) is 0 Å². The van der Waals surface area contributed by atoms with Crippen LogP contribution < -0.4 is 10.2 Å². The van der Waals surface area contributed by atoms with Crippen molar-refractivity contribution in [1.82, 2.24) is 14.9 Å². The summed E-state index contributed by atoms with van der Waals surface area (Å²) in [7, 11) is 0. The summed E-state index contributed by atoms with van der Waals surface area (Å²) in [6.07, 6.45) is 6.35. The second kappa shape index (κ2) is 11.6. The fraction of sp³-hybridized carbons (Fsp3) is 0.621. The van der Waals surface area contributed by atoms with Crippen LogP contribution in [-0.4, -0.2) is 58.2 Å². The third-order valence-corrected chi connectivity index (χ3v) is 10.4. The second-order valence-corrected chi connectivity index (χ2v) is 13.0.